The van der Waals surface area contributed by atoms with E-state index in [0.29, 0.717) is 11.4 Å². The van der Waals surface area contributed by atoms with E-state index in [1.807, 2.05) is 24.3 Å². The second kappa shape index (κ2) is 8.02. The van der Waals surface area contributed by atoms with Crippen LogP contribution >= 0.6 is 0 Å². The van der Waals surface area contributed by atoms with Crippen LogP contribution in [-0.4, -0.2) is 31.6 Å². The minimum Gasteiger partial charge on any atom is -0.508 e. The number of hydrogen-bond donors (Lipinski definition) is 3. The van der Waals surface area contributed by atoms with E-state index in [9.17, 15) is 15.0 Å². The number of aryl methyl sites for hydroxylation is 1. The average molecular weight is 406 g/mol. The highest BCUT2D eigenvalue weighted by molar-refractivity contribution is 6.02. The van der Waals surface area contributed by atoms with Gasteiger partial charge in [-0.2, -0.15) is 10.2 Å². The molecule has 1 amide bonds. The number of hydrazone groups is 1. The van der Waals surface area contributed by atoms with Crippen molar-refractivity contribution >= 4 is 11.6 Å². The van der Waals surface area contributed by atoms with Crippen molar-refractivity contribution in [2.24, 2.45) is 12.1 Å². The maximum absolute atomic E-state index is 12.2. The van der Waals surface area contributed by atoms with Crippen LogP contribution in [0.1, 0.15) is 49.3 Å². The molecule has 0 bridgehead atoms. The Morgan fingerprint density at radius 2 is 1.77 bits per heavy atom. The van der Waals surface area contributed by atoms with Gasteiger partial charge < -0.3 is 10.2 Å². The van der Waals surface area contributed by atoms with Gasteiger partial charge in [0.2, 0.25) is 0 Å². The van der Waals surface area contributed by atoms with E-state index >= 15 is 0 Å². The van der Waals surface area contributed by atoms with Gasteiger partial charge in [-0.1, -0.05) is 51.1 Å². The Hall–Kier alpha value is -3.61. The lowest BCUT2D eigenvalue weighted by Crippen LogP contribution is -2.19. The van der Waals surface area contributed by atoms with Gasteiger partial charge in [0, 0.05) is 18.2 Å². The molecule has 7 heteroatoms. The molecule has 30 heavy (non-hydrogen) atoms. The van der Waals surface area contributed by atoms with E-state index in [1.165, 1.54) is 17.7 Å². The van der Waals surface area contributed by atoms with Crippen molar-refractivity contribution in [3.63, 3.8) is 0 Å². The first-order valence-corrected chi connectivity index (χ1v) is 9.59. The highest BCUT2D eigenvalue weighted by Crippen LogP contribution is 2.33. The number of phenolic OH excluding ortho intramolecular Hbond substituents is 1. The Bertz CT molecular complexity index is 1110. The van der Waals surface area contributed by atoms with E-state index in [0.717, 1.165) is 5.56 Å². The van der Waals surface area contributed by atoms with Crippen molar-refractivity contribution in [1.29, 1.82) is 0 Å². The van der Waals surface area contributed by atoms with Crippen LogP contribution in [-0.2, 0) is 12.5 Å². The lowest BCUT2D eigenvalue weighted by Gasteiger charge is -2.19. The van der Waals surface area contributed by atoms with E-state index in [2.05, 4.69) is 36.4 Å². The zero-order valence-corrected chi connectivity index (χ0v) is 17.8. The molecule has 0 aliphatic carbocycles. The number of phenols is 1. The Morgan fingerprint density at radius 3 is 2.37 bits per heavy atom. The quantitative estimate of drug-likeness (QED) is 0.451. The van der Waals surface area contributed by atoms with Crippen molar-refractivity contribution < 1.29 is 15.0 Å². The fourth-order valence-corrected chi connectivity index (χ4v) is 3.11. The summed E-state index contributed by atoms with van der Waals surface area (Å²) in [5.74, 6) is -0.486. The van der Waals surface area contributed by atoms with Crippen LogP contribution in [0, 0.1) is 0 Å². The molecule has 156 valence electrons. The first-order chi connectivity index (χ1) is 14.1. The van der Waals surface area contributed by atoms with Crippen LogP contribution in [0.5, 0.6) is 11.5 Å². The summed E-state index contributed by atoms with van der Waals surface area (Å²) in [6.45, 7) is 8.09. The summed E-state index contributed by atoms with van der Waals surface area (Å²) < 4.78 is 1.59. The minimum absolute atomic E-state index is 0.00568. The van der Waals surface area contributed by atoms with Gasteiger partial charge in [0.05, 0.1) is 5.71 Å². The number of nitrogens with one attached hydrogen (secondary N) is 1. The van der Waals surface area contributed by atoms with Crippen molar-refractivity contribution in [2.75, 3.05) is 0 Å². The van der Waals surface area contributed by atoms with E-state index in [4.69, 9.17) is 0 Å². The number of carbonyl (C=O) groups excluding carboxylic acids is 1. The Kier molecular flexibility index (Phi) is 5.64. The highest BCUT2D eigenvalue weighted by atomic mass is 16.3. The van der Waals surface area contributed by atoms with Crippen molar-refractivity contribution in [3.8, 4) is 22.8 Å². The van der Waals surface area contributed by atoms with Gasteiger partial charge in [0.15, 0.2) is 11.4 Å². The second-order valence-corrected chi connectivity index (χ2v) is 8.19. The molecular weight excluding hydrogens is 380 g/mol. The molecular formula is C23H26N4O3. The summed E-state index contributed by atoms with van der Waals surface area (Å²) in [7, 11) is 1.74. The number of aromatic hydroxyl groups is 2. The second-order valence-electron chi connectivity index (χ2n) is 8.19. The maximum atomic E-state index is 12.2. The van der Waals surface area contributed by atoms with E-state index in [-0.39, 0.29) is 28.2 Å². The smallest absolute Gasteiger partial charge is 0.271 e. The number of benzene rings is 2. The molecule has 3 N–H and O–H groups in total. The number of aromatic nitrogens is 2. The third kappa shape index (κ3) is 4.35. The summed E-state index contributed by atoms with van der Waals surface area (Å²) in [6.07, 6.45) is 0. The van der Waals surface area contributed by atoms with Gasteiger partial charge in [0.1, 0.15) is 11.4 Å². The molecule has 0 unspecified atom stereocenters. The topological polar surface area (TPSA) is 99.7 Å². The predicted molar refractivity (Wildman–Crippen MR) is 117 cm³/mol. The summed E-state index contributed by atoms with van der Waals surface area (Å²) in [5, 5.41) is 28.7. The van der Waals surface area contributed by atoms with E-state index < -0.39 is 5.91 Å². The molecule has 1 heterocycles. The molecule has 0 aliphatic heterocycles. The largest absolute Gasteiger partial charge is 0.508 e. The van der Waals surface area contributed by atoms with Gasteiger partial charge in [-0.3, -0.25) is 9.48 Å². The third-order valence-corrected chi connectivity index (χ3v) is 4.82. The average Bonchev–Trinajstić information content (AvgIpc) is 2.99. The Morgan fingerprint density at radius 1 is 1.10 bits per heavy atom. The van der Waals surface area contributed by atoms with Crippen LogP contribution < -0.4 is 5.43 Å². The van der Waals surface area contributed by atoms with Crippen LogP contribution in [0.4, 0.5) is 0 Å². The molecule has 0 atom stereocenters. The summed E-state index contributed by atoms with van der Waals surface area (Å²) in [6, 6.07) is 14.0. The normalized spacial score (nSPS) is 12.1. The molecule has 3 aromatic rings. The van der Waals surface area contributed by atoms with E-state index in [1.54, 1.807) is 30.8 Å². The minimum atomic E-state index is -0.473. The van der Waals surface area contributed by atoms with Crippen LogP contribution in [0.3, 0.4) is 0 Å². The van der Waals surface area contributed by atoms with Gasteiger partial charge in [-0.25, -0.2) is 5.43 Å². The molecule has 0 aliphatic rings. The first kappa shape index (κ1) is 21.1. The lowest BCUT2D eigenvalue weighted by atomic mass is 9.86. The van der Waals surface area contributed by atoms with Crippen molar-refractivity contribution in [2.45, 2.75) is 33.1 Å². The number of rotatable bonds is 4. The summed E-state index contributed by atoms with van der Waals surface area (Å²) >= 11 is 0. The molecule has 0 fully saturated rings. The fourth-order valence-electron chi connectivity index (χ4n) is 3.11. The predicted octanol–water partition coefficient (Wildman–Crippen LogP) is 3.95. The standard InChI is InChI=1S/C23H26N4O3/c1-14(24-25-22(30)16-7-6-8-18(28)13-16)19-21(29)20(27(5)26-19)15-9-11-17(12-10-15)23(2,3)4/h6-13,28-29H,1-5H3,(H,25,30). The van der Waals surface area contributed by atoms with Gasteiger partial charge in [-0.05, 0) is 36.1 Å². The molecule has 0 saturated carbocycles. The number of amides is 1. The first-order valence-electron chi connectivity index (χ1n) is 9.59. The van der Waals surface area contributed by atoms with Crippen LogP contribution in [0.25, 0.3) is 11.3 Å². The molecule has 2 aromatic carbocycles. The lowest BCUT2D eigenvalue weighted by molar-refractivity contribution is 0.0954. The fraction of sp³-hybridized carbons (Fsp3) is 0.261. The maximum Gasteiger partial charge on any atom is 0.271 e. The molecule has 7 nitrogen and oxygen atoms in total. The molecule has 3 rings (SSSR count). The van der Waals surface area contributed by atoms with Gasteiger partial charge in [-0.15, -0.1) is 0 Å². The highest BCUT2D eigenvalue weighted by Gasteiger charge is 2.20. The Labute approximate surface area is 175 Å². The summed E-state index contributed by atoms with van der Waals surface area (Å²) in [5.41, 5.74) is 5.97. The Balaban J connectivity index is 1.85. The van der Waals surface area contributed by atoms with Crippen molar-refractivity contribution in [3.05, 3.63) is 65.4 Å². The zero-order chi connectivity index (χ0) is 22.1. The zero-order valence-electron chi connectivity index (χ0n) is 17.8. The van der Waals surface area contributed by atoms with Crippen LogP contribution in [0.15, 0.2) is 53.6 Å². The van der Waals surface area contributed by atoms with Gasteiger partial charge >= 0.3 is 0 Å². The molecule has 0 saturated heterocycles. The summed E-state index contributed by atoms with van der Waals surface area (Å²) in [4.78, 5) is 12.2. The van der Waals surface area contributed by atoms with Crippen LogP contribution in [0.2, 0.25) is 0 Å². The number of carbonyl (C=O) groups is 1. The molecule has 0 radical (unpaired) electrons. The molecule has 1 aromatic heterocycles. The van der Waals surface area contributed by atoms with Gasteiger partial charge in [0.25, 0.3) is 5.91 Å². The van der Waals surface area contributed by atoms with Crippen molar-refractivity contribution in [1.82, 2.24) is 15.2 Å². The third-order valence-electron chi connectivity index (χ3n) is 4.82. The number of hydrogen-bond acceptors (Lipinski definition) is 5. The molecule has 0 spiro atoms. The number of nitrogens with zero attached hydrogens (tertiary/aromatic N) is 3. The monoisotopic (exact) mass is 406 g/mol. The SMILES string of the molecule is CC(=NNC(=O)c1cccc(O)c1)c1nn(C)c(-c2ccc(C(C)(C)C)cc2)c1O.